The van der Waals surface area contributed by atoms with Crippen LogP contribution < -0.4 is 20.8 Å². The van der Waals surface area contributed by atoms with E-state index in [9.17, 15) is 18.4 Å². The number of hydrogen-bond acceptors (Lipinski definition) is 8. The van der Waals surface area contributed by atoms with Gasteiger partial charge in [-0.3, -0.25) is 9.36 Å². The highest BCUT2D eigenvalue weighted by atomic mass is 19.3. The summed E-state index contributed by atoms with van der Waals surface area (Å²) in [5, 5.41) is 8.64. The first kappa shape index (κ1) is 20.8. The highest BCUT2D eigenvalue weighted by molar-refractivity contribution is 5.92. The van der Waals surface area contributed by atoms with Gasteiger partial charge in [0.25, 0.3) is 5.56 Å². The summed E-state index contributed by atoms with van der Waals surface area (Å²) >= 11 is 0. The van der Waals surface area contributed by atoms with Gasteiger partial charge in [0.2, 0.25) is 0 Å². The molecule has 1 aliphatic rings. The number of alkyl halides is 2. The van der Waals surface area contributed by atoms with Gasteiger partial charge in [0.05, 0.1) is 17.9 Å². The summed E-state index contributed by atoms with van der Waals surface area (Å²) in [6.07, 6.45) is -0.770. The van der Waals surface area contributed by atoms with Crippen LogP contribution >= 0.6 is 0 Å². The number of aromatic carboxylic acids is 1. The van der Waals surface area contributed by atoms with Crippen molar-refractivity contribution < 1.29 is 28.2 Å². The Morgan fingerprint density at radius 2 is 2.03 bits per heavy atom. The van der Waals surface area contributed by atoms with Gasteiger partial charge in [-0.1, -0.05) is 6.07 Å². The van der Waals surface area contributed by atoms with Crippen molar-refractivity contribution in [2.24, 2.45) is 12.8 Å². The fourth-order valence-electron chi connectivity index (χ4n) is 2.48. The van der Waals surface area contributed by atoms with E-state index >= 15 is 0 Å². The molecule has 0 aliphatic carbocycles. The Morgan fingerprint density at radius 1 is 1.27 bits per heavy atom. The van der Waals surface area contributed by atoms with Crippen molar-refractivity contribution in [3.63, 3.8) is 0 Å². The molecule has 3 heterocycles. The number of para-hydroxylation sites is 1. The molecule has 0 fully saturated rings. The van der Waals surface area contributed by atoms with Crippen LogP contribution in [0.2, 0.25) is 0 Å². The fourth-order valence-corrected chi connectivity index (χ4v) is 2.48. The second-order valence-electron chi connectivity index (χ2n) is 5.86. The van der Waals surface area contributed by atoms with Gasteiger partial charge < -0.3 is 20.3 Å². The predicted octanol–water partition coefficient (Wildman–Crippen LogP) is 1.40. The van der Waals surface area contributed by atoms with E-state index in [-0.39, 0.29) is 23.4 Å². The van der Waals surface area contributed by atoms with Crippen LogP contribution in [0, 0.1) is 0 Å². The third kappa shape index (κ3) is 4.38. The maximum Gasteiger partial charge on any atom is 0.586 e. The van der Waals surface area contributed by atoms with Crippen LogP contribution in [0.4, 0.5) is 8.78 Å². The number of fused-ring (bicyclic) bond motifs is 1. The van der Waals surface area contributed by atoms with Gasteiger partial charge >= 0.3 is 12.3 Å². The minimum absolute atomic E-state index is 0.149. The molecule has 2 aromatic heterocycles. The molecule has 10 nitrogen and oxygen atoms in total. The number of aromatic nitrogens is 4. The molecular weight excluding hydrogens is 404 g/mol. The molecule has 12 heteroatoms. The van der Waals surface area contributed by atoms with E-state index in [1.165, 1.54) is 29.1 Å². The standard InChI is InChI=1S/C10H11N5O.C8H4F2O4/c1-15-9(5-11)14-8(4-10(15)16)7-2-3-12-6-13-7;9-8(10)13-5-3-1-2-4(7(11)12)6(5)14-8/h2-4,6H,5,11H2,1H3;1-3H,(H,11,12). The van der Waals surface area contributed by atoms with E-state index in [1.54, 1.807) is 19.3 Å². The number of benzene rings is 1. The molecular formula is C18H15F2N5O5. The van der Waals surface area contributed by atoms with Gasteiger partial charge in [0.1, 0.15) is 17.7 Å². The molecule has 3 N–H and O–H groups in total. The van der Waals surface area contributed by atoms with Crippen LogP contribution in [0.5, 0.6) is 11.5 Å². The Bertz CT molecular complexity index is 1140. The summed E-state index contributed by atoms with van der Waals surface area (Å²) in [4.78, 5) is 34.3. The van der Waals surface area contributed by atoms with Crippen molar-refractivity contribution in [2.45, 2.75) is 12.8 Å². The van der Waals surface area contributed by atoms with Gasteiger partial charge in [-0.15, -0.1) is 8.78 Å². The Balaban J connectivity index is 0.000000172. The van der Waals surface area contributed by atoms with E-state index in [4.69, 9.17) is 10.8 Å². The Labute approximate surface area is 167 Å². The van der Waals surface area contributed by atoms with E-state index < -0.39 is 18.0 Å². The van der Waals surface area contributed by atoms with E-state index in [0.717, 1.165) is 6.07 Å². The van der Waals surface area contributed by atoms with Crippen molar-refractivity contribution in [3.8, 4) is 22.9 Å². The Morgan fingerprint density at radius 3 is 2.67 bits per heavy atom. The quantitative estimate of drug-likeness (QED) is 0.644. The maximum absolute atomic E-state index is 12.5. The molecule has 0 atom stereocenters. The van der Waals surface area contributed by atoms with Gasteiger partial charge in [-0.05, 0) is 18.2 Å². The normalized spacial score (nSPS) is 13.3. The van der Waals surface area contributed by atoms with E-state index in [2.05, 4.69) is 24.4 Å². The first-order valence-corrected chi connectivity index (χ1v) is 8.37. The molecule has 30 heavy (non-hydrogen) atoms. The second-order valence-corrected chi connectivity index (χ2v) is 5.86. The molecule has 1 aliphatic heterocycles. The first-order chi connectivity index (χ1) is 14.2. The predicted molar refractivity (Wildman–Crippen MR) is 98.0 cm³/mol. The molecule has 0 amide bonds. The fraction of sp³-hybridized carbons (Fsp3) is 0.167. The molecule has 0 bridgehead atoms. The van der Waals surface area contributed by atoms with Gasteiger partial charge in [-0.2, -0.15) is 0 Å². The summed E-state index contributed by atoms with van der Waals surface area (Å²) < 4.78 is 34.6. The van der Waals surface area contributed by atoms with Crippen LogP contribution in [-0.4, -0.2) is 36.9 Å². The zero-order valence-corrected chi connectivity index (χ0v) is 15.5. The zero-order chi connectivity index (χ0) is 21.9. The average molecular weight is 419 g/mol. The van der Waals surface area contributed by atoms with Crippen LogP contribution in [0.15, 0.2) is 47.7 Å². The maximum atomic E-state index is 12.5. The zero-order valence-electron chi connectivity index (χ0n) is 15.5. The van der Waals surface area contributed by atoms with E-state index in [1.807, 2.05) is 0 Å². The lowest BCUT2D eigenvalue weighted by atomic mass is 10.2. The van der Waals surface area contributed by atoms with Crippen LogP contribution in [0.1, 0.15) is 16.2 Å². The average Bonchev–Trinajstić information content (AvgIpc) is 3.04. The lowest BCUT2D eigenvalue weighted by Crippen LogP contribution is -2.26. The molecule has 0 unspecified atom stereocenters. The van der Waals surface area contributed by atoms with E-state index in [0.29, 0.717) is 17.2 Å². The van der Waals surface area contributed by atoms with Crippen LogP contribution in [0.25, 0.3) is 11.4 Å². The number of carbonyl (C=O) groups is 1. The van der Waals surface area contributed by atoms with Crippen LogP contribution in [0.3, 0.4) is 0 Å². The number of nitrogens with zero attached hydrogens (tertiary/aromatic N) is 4. The first-order valence-electron chi connectivity index (χ1n) is 8.37. The van der Waals surface area contributed by atoms with Crippen molar-refractivity contribution in [1.29, 1.82) is 0 Å². The smallest absolute Gasteiger partial charge is 0.478 e. The molecule has 0 radical (unpaired) electrons. The molecule has 156 valence electrons. The topological polar surface area (TPSA) is 142 Å². The number of ether oxygens (including phenoxy) is 2. The largest absolute Gasteiger partial charge is 0.586 e. The minimum Gasteiger partial charge on any atom is -0.478 e. The monoisotopic (exact) mass is 419 g/mol. The summed E-state index contributed by atoms with van der Waals surface area (Å²) in [5.74, 6) is -1.52. The number of halogens is 2. The molecule has 0 spiro atoms. The highest BCUT2D eigenvalue weighted by Gasteiger charge is 2.45. The summed E-state index contributed by atoms with van der Waals surface area (Å²) in [7, 11) is 1.64. The number of carboxylic acid groups (broad SMARTS) is 1. The number of nitrogens with two attached hydrogens (primary N) is 1. The van der Waals surface area contributed by atoms with Crippen molar-refractivity contribution in [2.75, 3.05) is 0 Å². The van der Waals surface area contributed by atoms with Gasteiger partial charge in [-0.25, -0.2) is 19.7 Å². The number of carboxylic acids is 1. The van der Waals surface area contributed by atoms with Gasteiger partial charge in [0, 0.05) is 19.3 Å². The summed E-state index contributed by atoms with van der Waals surface area (Å²) in [6.45, 7) is 0.213. The lowest BCUT2D eigenvalue weighted by Gasteiger charge is -2.06. The Kier molecular flexibility index (Phi) is 5.69. The second kappa shape index (κ2) is 8.21. The lowest BCUT2D eigenvalue weighted by molar-refractivity contribution is -0.286. The van der Waals surface area contributed by atoms with Gasteiger partial charge in [0.15, 0.2) is 11.5 Å². The third-order valence-corrected chi connectivity index (χ3v) is 3.91. The molecule has 0 saturated carbocycles. The molecule has 1 aromatic carbocycles. The van der Waals surface area contributed by atoms with Crippen molar-refractivity contribution in [3.05, 3.63) is 64.6 Å². The molecule has 4 rings (SSSR count). The summed E-state index contributed by atoms with van der Waals surface area (Å²) in [6, 6.07) is 6.80. The molecule has 3 aromatic rings. The summed E-state index contributed by atoms with van der Waals surface area (Å²) in [5.41, 5.74) is 6.15. The molecule has 0 saturated heterocycles. The SMILES string of the molecule is Cn1c(CN)nc(-c2ccncn2)cc1=O.O=C(O)c1cccc2c1OC(F)(F)O2. The third-order valence-electron chi connectivity index (χ3n) is 3.91. The van der Waals surface area contributed by atoms with Crippen molar-refractivity contribution in [1.82, 2.24) is 19.5 Å². The highest BCUT2D eigenvalue weighted by Crippen LogP contribution is 2.43. The number of rotatable bonds is 3. The number of hydrogen-bond donors (Lipinski definition) is 2. The van der Waals surface area contributed by atoms with Crippen LogP contribution in [-0.2, 0) is 13.6 Å². The van der Waals surface area contributed by atoms with Crippen molar-refractivity contribution >= 4 is 5.97 Å². The Hall–Kier alpha value is -3.93. The minimum atomic E-state index is -3.78.